The van der Waals surface area contributed by atoms with Crippen molar-refractivity contribution in [2.45, 2.75) is 57.9 Å². The molecule has 2 atom stereocenters. The van der Waals surface area contributed by atoms with Crippen LogP contribution in [0.2, 0.25) is 0 Å². The smallest absolute Gasteiger partial charge is 0.242 e. The number of fused-ring (bicyclic) bond motifs is 3. The minimum absolute atomic E-state index is 0.0695. The minimum atomic E-state index is -3.95. The van der Waals surface area contributed by atoms with E-state index in [-0.39, 0.29) is 22.9 Å². The number of benzene rings is 1. The first-order valence-electron chi connectivity index (χ1n) is 12.4. The van der Waals surface area contributed by atoms with E-state index < -0.39 is 15.4 Å². The molecule has 10 heteroatoms. The molecule has 2 unspecified atom stereocenters. The van der Waals surface area contributed by atoms with E-state index in [4.69, 9.17) is 14.5 Å². The van der Waals surface area contributed by atoms with Gasteiger partial charge in [0.1, 0.15) is 17.3 Å². The Morgan fingerprint density at radius 2 is 1.95 bits per heavy atom. The van der Waals surface area contributed by atoms with Gasteiger partial charge in [0.05, 0.1) is 42.1 Å². The van der Waals surface area contributed by atoms with Gasteiger partial charge in [-0.15, -0.1) is 0 Å². The summed E-state index contributed by atoms with van der Waals surface area (Å²) in [7, 11) is -0.779. The van der Waals surface area contributed by atoms with Crippen molar-refractivity contribution in [3.8, 4) is 11.5 Å². The van der Waals surface area contributed by atoms with Crippen LogP contribution in [0.15, 0.2) is 29.6 Å². The van der Waals surface area contributed by atoms with Crippen molar-refractivity contribution >= 4 is 38.6 Å². The van der Waals surface area contributed by atoms with Gasteiger partial charge < -0.3 is 9.47 Å². The zero-order valence-corrected chi connectivity index (χ0v) is 23.8. The lowest BCUT2D eigenvalue weighted by Crippen LogP contribution is -2.43. The Labute approximate surface area is 222 Å². The second-order valence-corrected chi connectivity index (χ2v) is 13.5. The van der Waals surface area contributed by atoms with Crippen molar-refractivity contribution in [1.29, 1.82) is 0 Å². The van der Waals surface area contributed by atoms with Gasteiger partial charge in [-0.05, 0) is 50.2 Å². The summed E-state index contributed by atoms with van der Waals surface area (Å²) in [6, 6.07) is 5.22. The van der Waals surface area contributed by atoms with Crippen LogP contribution in [0, 0.1) is 30.6 Å². The summed E-state index contributed by atoms with van der Waals surface area (Å²) in [6.45, 7) is 7.99. The maximum absolute atomic E-state index is 14.2. The molecule has 0 radical (unpaired) electrons. The van der Waals surface area contributed by atoms with E-state index in [1.54, 1.807) is 38.6 Å². The van der Waals surface area contributed by atoms with Crippen LogP contribution in [-0.4, -0.2) is 48.1 Å². The van der Waals surface area contributed by atoms with Crippen molar-refractivity contribution < 1.29 is 22.7 Å². The fourth-order valence-electron chi connectivity index (χ4n) is 6.33. The number of imidazole rings is 1. The van der Waals surface area contributed by atoms with Gasteiger partial charge in [-0.25, -0.2) is 17.4 Å². The van der Waals surface area contributed by atoms with Gasteiger partial charge in [0.2, 0.25) is 10.0 Å². The van der Waals surface area contributed by atoms with Crippen LogP contribution in [0.25, 0.3) is 11.0 Å². The second kappa shape index (κ2) is 9.01. The van der Waals surface area contributed by atoms with Crippen LogP contribution < -0.4 is 9.47 Å². The van der Waals surface area contributed by atoms with Gasteiger partial charge in [0, 0.05) is 35.6 Å². The van der Waals surface area contributed by atoms with Crippen molar-refractivity contribution in [3.05, 3.63) is 41.2 Å². The Balaban J connectivity index is 1.58. The lowest BCUT2D eigenvalue weighted by Gasteiger charge is -2.36. The number of hydrogen-bond acceptors (Lipinski definition) is 8. The maximum Gasteiger partial charge on any atom is 0.242 e. The van der Waals surface area contributed by atoms with E-state index in [0.717, 1.165) is 29.0 Å². The SMILES string of the molecule is COc1ccc2nc(SCc3ncc(C)c(OC)c3C)n(S(=O)(=O)CC34CCC(CC3=O)C4(C)C)c2c1. The van der Waals surface area contributed by atoms with Gasteiger partial charge in [-0.1, -0.05) is 25.6 Å². The standard InChI is InChI=1S/C27H33N3O5S2/c1-16-13-28-21(17(2)24(16)35-6)14-36-25-29-20-8-7-19(34-5)12-22(20)30(25)37(32,33)15-27-10-9-18(11-23(27)31)26(27,3)4/h7-8,12-13,18H,9-11,14-15H2,1-6H3. The van der Waals surface area contributed by atoms with E-state index in [1.165, 1.54) is 15.7 Å². The summed E-state index contributed by atoms with van der Waals surface area (Å²) in [4.78, 5) is 22.4. The van der Waals surface area contributed by atoms with Gasteiger partial charge in [0.15, 0.2) is 5.16 Å². The zero-order valence-electron chi connectivity index (χ0n) is 22.1. The molecule has 2 saturated carbocycles. The highest BCUT2D eigenvalue weighted by Gasteiger charge is 2.65. The van der Waals surface area contributed by atoms with E-state index >= 15 is 0 Å². The molecular formula is C27H33N3O5S2. The number of thioether (sulfide) groups is 1. The molecule has 2 aliphatic carbocycles. The molecule has 0 aliphatic heterocycles. The predicted octanol–water partition coefficient (Wildman–Crippen LogP) is 4.93. The first kappa shape index (κ1) is 26.0. The number of aryl methyl sites for hydroxylation is 1. The van der Waals surface area contributed by atoms with Crippen LogP contribution in [-0.2, 0) is 20.6 Å². The second-order valence-electron chi connectivity index (χ2n) is 10.8. The average molecular weight is 544 g/mol. The zero-order chi connectivity index (χ0) is 26.8. The number of aromatic nitrogens is 3. The number of Topliss-reactive ketones (excluding diaryl/α,β-unsaturated/α-hetero) is 1. The Hall–Kier alpha value is -2.59. The summed E-state index contributed by atoms with van der Waals surface area (Å²) in [6.07, 6.45) is 3.71. The Kier molecular flexibility index (Phi) is 6.34. The summed E-state index contributed by atoms with van der Waals surface area (Å²) in [5.41, 5.74) is 2.41. The first-order valence-corrected chi connectivity index (χ1v) is 15.0. The summed E-state index contributed by atoms with van der Waals surface area (Å²) < 4.78 is 40.7. The molecule has 3 aromatic rings. The molecular weight excluding hydrogens is 510 g/mol. The fourth-order valence-corrected chi connectivity index (χ4v) is 9.92. The monoisotopic (exact) mass is 543 g/mol. The van der Waals surface area contributed by atoms with E-state index in [9.17, 15) is 13.2 Å². The number of nitrogens with zero attached hydrogens (tertiary/aromatic N) is 3. The number of rotatable bonds is 8. The number of hydrogen-bond donors (Lipinski definition) is 0. The highest BCUT2D eigenvalue weighted by Crippen LogP contribution is 2.64. The van der Waals surface area contributed by atoms with E-state index in [1.807, 2.05) is 13.8 Å². The normalized spacial score (nSPS) is 22.6. The predicted molar refractivity (Wildman–Crippen MR) is 144 cm³/mol. The average Bonchev–Trinajstić information content (AvgIpc) is 3.39. The topological polar surface area (TPSA) is 100 Å². The molecule has 1 aromatic carbocycles. The van der Waals surface area contributed by atoms with Crippen LogP contribution >= 0.6 is 11.8 Å². The quantitative estimate of drug-likeness (QED) is 0.369. The largest absolute Gasteiger partial charge is 0.497 e. The molecule has 0 N–H and O–H groups in total. The third kappa shape index (κ3) is 3.94. The van der Waals surface area contributed by atoms with Crippen LogP contribution in [0.4, 0.5) is 0 Å². The molecule has 198 valence electrons. The molecule has 2 fully saturated rings. The third-order valence-corrected chi connectivity index (χ3v) is 11.6. The Bertz CT molecular complexity index is 1510. The molecule has 0 amide bonds. The number of carbonyl (C=O) groups excluding carboxylic acids is 1. The number of carbonyl (C=O) groups is 1. The van der Waals surface area contributed by atoms with Gasteiger partial charge >= 0.3 is 0 Å². The summed E-state index contributed by atoms with van der Waals surface area (Å²) >= 11 is 1.31. The molecule has 2 aliphatic rings. The summed E-state index contributed by atoms with van der Waals surface area (Å²) in [5, 5.41) is 0.346. The van der Waals surface area contributed by atoms with Crippen LogP contribution in [0.3, 0.4) is 0 Å². The first-order chi connectivity index (χ1) is 17.4. The number of pyridine rings is 1. The van der Waals surface area contributed by atoms with Gasteiger partial charge in [-0.3, -0.25) is 9.78 Å². The molecule has 8 nitrogen and oxygen atoms in total. The lowest BCUT2D eigenvalue weighted by atomic mass is 9.70. The van der Waals surface area contributed by atoms with Crippen LogP contribution in [0.5, 0.6) is 11.5 Å². The fraction of sp³-hybridized carbons (Fsp3) is 0.519. The Morgan fingerprint density at radius 3 is 2.57 bits per heavy atom. The molecule has 37 heavy (non-hydrogen) atoms. The molecule has 0 spiro atoms. The van der Waals surface area contributed by atoms with E-state index in [0.29, 0.717) is 40.5 Å². The van der Waals surface area contributed by atoms with E-state index in [2.05, 4.69) is 18.8 Å². The van der Waals surface area contributed by atoms with Gasteiger partial charge in [0.25, 0.3) is 0 Å². The number of ketones is 1. The third-order valence-electron chi connectivity index (χ3n) is 8.73. The van der Waals surface area contributed by atoms with Gasteiger partial charge in [-0.2, -0.15) is 0 Å². The molecule has 5 rings (SSSR count). The highest BCUT2D eigenvalue weighted by atomic mass is 32.2. The number of ether oxygens (including phenoxy) is 2. The number of methoxy groups -OCH3 is 2. The highest BCUT2D eigenvalue weighted by molar-refractivity contribution is 7.99. The maximum atomic E-state index is 14.2. The van der Waals surface area contributed by atoms with Crippen molar-refractivity contribution in [2.75, 3.05) is 20.0 Å². The minimum Gasteiger partial charge on any atom is -0.497 e. The van der Waals surface area contributed by atoms with Crippen molar-refractivity contribution in [1.82, 2.24) is 13.9 Å². The summed E-state index contributed by atoms with van der Waals surface area (Å²) in [5.74, 6) is 1.80. The molecule has 2 bridgehead atoms. The Morgan fingerprint density at radius 1 is 1.19 bits per heavy atom. The lowest BCUT2D eigenvalue weighted by molar-refractivity contribution is -0.128. The van der Waals surface area contributed by atoms with Crippen molar-refractivity contribution in [2.24, 2.45) is 16.7 Å². The molecule has 2 aromatic heterocycles. The van der Waals surface area contributed by atoms with Crippen molar-refractivity contribution in [3.63, 3.8) is 0 Å². The molecule has 0 saturated heterocycles. The van der Waals surface area contributed by atoms with Crippen LogP contribution in [0.1, 0.15) is 49.9 Å². The molecule has 2 heterocycles.